The van der Waals surface area contributed by atoms with Gasteiger partial charge in [0.15, 0.2) is 5.78 Å². The van der Waals surface area contributed by atoms with E-state index in [-0.39, 0.29) is 5.78 Å². The van der Waals surface area contributed by atoms with E-state index in [0.29, 0.717) is 5.56 Å². The molecule has 0 saturated carbocycles. The summed E-state index contributed by atoms with van der Waals surface area (Å²) in [6.07, 6.45) is 9.12. The van der Waals surface area contributed by atoms with Crippen molar-refractivity contribution in [2.24, 2.45) is 0 Å². The first-order chi connectivity index (χ1) is 10.8. The molecule has 0 aliphatic rings. The van der Waals surface area contributed by atoms with E-state index in [4.69, 9.17) is 0 Å². The van der Waals surface area contributed by atoms with E-state index in [1.54, 1.807) is 12.2 Å². The number of aromatic nitrogens is 3. The molecular formula is C18H17N3O. The van der Waals surface area contributed by atoms with Crippen LogP contribution in [0.5, 0.6) is 0 Å². The van der Waals surface area contributed by atoms with Crippen molar-refractivity contribution in [3.8, 4) is 5.69 Å². The Labute approximate surface area is 129 Å². The normalized spacial score (nSPS) is 11.1. The smallest absolute Gasteiger partial charge is 0.185 e. The van der Waals surface area contributed by atoms with Crippen molar-refractivity contribution in [1.29, 1.82) is 0 Å². The minimum atomic E-state index is -0.0277. The topological polar surface area (TPSA) is 39.8 Å². The van der Waals surface area contributed by atoms with Crippen LogP contribution in [-0.4, -0.2) is 20.1 Å². The Kier molecular flexibility index (Phi) is 4.01. The zero-order valence-electron chi connectivity index (χ0n) is 12.4. The molecule has 0 bridgehead atoms. The highest BCUT2D eigenvalue weighted by molar-refractivity contribution is 6.07. The molecule has 0 atom stereocenters. The fourth-order valence-electron chi connectivity index (χ4n) is 2.23. The molecule has 22 heavy (non-hydrogen) atoms. The first-order valence-corrected chi connectivity index (χ1v) is 7.25. The SMILES string of the molecule is CCn1ccc(/C=C/C(=O)c2cccc(-n3cccc3)c2)n1. The van der Waals surface area contributed by atoms with E-state index in [1.807, 2.05) is 77.2 Å². The average Bonchev–Trinajstić information content (AvgIpc) is 3.24. The quantitative estimate of drug-likeness (QED) is 0.532. The molecule has 0 aliphatic heterocycles. The van der Waals surface area contributed by atoms with Crippen molar-refractivity contribution in [1.82, 2.24) is 14.3 Å². The largest absolute Gasteiger partial charge is 0.324 e. The lowest BCUT2D eigenvalue weighted by atomic mass is 10.1. The monoisotopic (exact) mass is 291 g/mol. The third-order valence-corrected chi connectivity index (χ3v) is 3.42. The Hall–Kier alpha value is -2.88. The Morgan fingerprint density at radius 2 is 1.95 bits per heavy atom. The maximum absolute atomic E-state index is 12.3. The number of aryl methyl sites for hydroxylation is 1. The summed E-state index contributed by atoms with van der Waals surface area (Å²) in [6.45, 7) is 2.85. The minimum Gasteiger partial charge on any atom is -0.324 e. The van der Waals surface area contributed by atoms with Gasteiger partial charge in [-0.25, -0.2) is 0 Å². The summed E-state index contributed by atoms with van der Waals surface area (Å²) in [6, 6.07) is 13.4. The lowest BCUT2D eigenvalue weighted by molar-refractivity contribution is 0.104. The fourth-order valence-corrected chi connectivity index (χ4v) is 2.23. The van der Waals surface area contributed by atoms with Crippen LogP contribution in [0.4, 0.5) is 0 Å². The van der Waals surface area contributed by atoms with Gasteiger partial charge in [0.2, 0.25) is 0 Å². The molecule has 3 rings (SSSR count). The van der Waals surface area contributed by atoms with Crippen molar-refractivity contribution >= 4 is 11.9 Å². The Balaban J connectivity index is 1.79. The van der Waals surface area contributed by atoms with E-state index >= 15 is 0 Å². The molecule has 0 unspecified atom stereocenters. The fraction of sp³-hybridized carbons (Fsp3) is 0.111. The Bertz CT molecular complexity index is 797. The number of ketones is 1. The summed E-state index contributed by atoms with van der Waals surface area (Å²) in [4.78, 5) is 12.3. The molecule has 0 N–H and O–H groups in total. The van der Waals surface area contributed by atoms with E-state index in [1.165, 1.54) is 0 Å². The third kappa shape index (κ3) is 3.06. The van der Waals surface area contributed by atoms with Gasteiger partial charge >= 0.3 is 0 Å². The van der Waals surface area contributed by atoms with Crippen LogP contribution < -0.4 is 0 Å². The predicted octanol–water partition coefficient (Wildman–Crippen LogP) is 3.59. The molecule has 0 fully saturated rings. The maximum atomic E-state index is 12.3. The number of nitrogens with zero attached hydrogens (tertiary/aromatic N) is 3. The van der Waals surface area contributed by atoms with Crippen LogP contribution in [0.1, 0.15) is 23.0 Å². The van der Waals surface area contributed by atoms with Gasteiger partial charge in [-0.05, 0) is 49.4 Å². The Morgan fingerprint density at radius 3 is 2.68 bits per heavy atom. The summed E-state index contributed by atoms with van der Waals surface area (Å²) in [5.41, 5.74) is 2.42. The van der Waals surface area contributed by atoms with Crippen molar-refractivity contribution in [3.05, 3.63) is 78.4 Å². The predicted molar refractivity (Wildman–Crippen MR) is 87.0 cm³/mol. The zero-order valence-corrected chi connectivity index (χ0v) is 12.4. The average molecular weight is 291 g/mol. The number of allylic oxidation sites excluding steroid dienone is 1. The molecule has 0 spiro atoms. The molecule has 1 aromatic carbocycles. The molecule has 4 nitrogen and oxygen atoms in total. The minimum absolute atomic E-state index is 0.0277. The highest BCUT2D eigenvalue weighted by Crippen LogP contribution is 2.12. The van der Waals surface area contributed by atoms with Crippen LogP contribution in [0.3, 0.4) is 0 Å². The third-order valence-electron chi connectivity index (χ3n) is 3.42. The molecule has 2 aromatic heterocycles. The highest BCUT2D eigenvalue weighted by atomic mass is 16.1. The van der Waals surface area contributed by atoms with Crippen LogP contribution in [0.25, 0.3) is 11.8 Å². The van der Waals surface area contributed by atoms with E-state index in [0.717, 1.165) is 17.9 Å². The van der Waals surface area contributed by atoms with Gasteiger partial charge in [-0.2, -0.15) is 5.10 Å². The number of hydrogen-bond donors (Lipinski definition) is 0. The number of rotatable bonds is 5. The van der Waals surface area contributed by atoms with Gasteiger partial charge in [0.05, 0.1) is 5.69 Å². The molecule has 0 saturated heterocycles. The lowest BCUT2D eigenvalue weighted by Crippen LogP contribution is -1.97. The number of carbonyl (C=O) groups excluding carboxylic acids is 1. The van der Waals surface area contributed by atoms with Crippen molar-refractivity contribution < 1.29 is 4.79 Å². The molecule has 2 heterocycles. The standard InChI is InChI=1S/C18H17N3O/c1-2-21-13-10-16(19-21)8-9-18(22)15-6-5-7-17(14-15)20-11-3-4-12-20/h3-14H,2H2,1H3/b9-8+. The van der Waals surface area contributed by atoms with Crippen LogP contribution >= 0.6 is 0 Å². The summed E-state index contributed by atoms with van der Waals surface area (Å²) >= 11 is 0. The second kappa shape index (κ2) is 6.26. The molecule has 0 radical (unpaired) electrons. The summed E-state index contributed by atoms with van der Waals surface area (Å²) in [5.74, 6) is -0.0277. The summed E-state index contributed by atoms with van der Waals surface area (Å²) < 4.78 is 3.81. The van der Waals surface area contributed by atoms with Gasteiger partial charge in [0, 0.05) is 36.4 Å². The highest BCUT2D eigenvalue weighted by Gasteiger charge is 2.04. The second-order valence-corrected chi connectivity index (χ2v) is 4.93. The number of carbonyl (C=O) groups is 1. The van der Waals surface area contributed by atoms with Crippen molar-refractivity contribution in [3.63, 3.8) is 0 Å². The van der Waals surface area contributed by atoms with Crippen LogP contribution in [-0.2, 0) is 6.54 Å². The molecule has 4 heteroatoms. The number of benzene rings is 1. The van der Waals surface area contributed by atoms with E-state index in [2.05, 4.69) is 5.10 Å². The van der Waals surface area contributed by atoms with Crippen molar-refractivity contribution in [2.75, 3.05) is 0 Å². The molecule has 0 amide bonds. The van der Waals surface area contributed by atoms with Gasteiger partial charge in [0.25, 0.3) is 0 Å². The van der Waals surface area contributed by atoms with E-state index < -0.39 is 0 Å². The van der Waals surface area contributed by atoms with Crippen molar-refractivity contribution in [2.45, 2.75) is 13.5 Å². The van der Waals surface area contributed by atoms with E-state index in [9.17, 15) is 4.79 Å². The summed E-state index contributed by atoms with van der Waals surface area (Å²) in [7, 11) is 0. The first-order valence-electron chi connectivity index (χ1n) is 7.25. The second-order valence-electron chi connectivity index (χ2n) is 4.93. The maximum Gasteiger partial charge on any atom is 0.185 e. The van der Waals surface area contributed by atoms with Crippen LogP contribution in [0.2, 0.25) is 0 Å². The van der Waals surface area contributed by atoms with Gasteiger partial charge in [-0.1, -0.05) is 12.1 Å². The number of hydrogen-bond acceptors (Lipinski definition) is 2. The van der Waals surface area contributed by atoms with Gasteiger partial charge in [0.1, 0.15) is 0 Å². The van der Waals surface area contributed by atoms with Crippen LogP contribution in [0, 0.1) is 0 Å². The molecule has 110 valence electrons. The summed E-state index contributed by atoms with van der Waals surface area (Å²) in [5, 5.41) is 4.33. The van der Waals surface area contributed by atoms with Crippen LogP contribution in [0.15, 0.2) is 67.1 Å². The first kappa shape index (κ1) is 14.1. The lowest BCUT2D eigenvalue weighted by Gasteiger charge is -2.04. The Morgan fingerprint density at radius 1 is 1.14 bits per heavy atom. The molecular weight excluding hydrogens is 274 g/mol. The van der Waals surface area contributed by atoms with Gasteiger partial charge < -0.3 is 4.57 Å². The zero-order chi connectivity index (χ0) is 15.4. The molecule has 0 aliphatic carbocycles. The van der Waals surface area contributed by atoms with Gasteiger partial charge in [-0.15, -0.1) is 0 Å². The van der Waals surface area contributed by atoms with Gasteiger partial charge in [-0.3, -0.25) is 9.48 Å². The molecule has 3 aromatic rings.